The molecule has 6 nitrogen and oxygen atoms in total. The molecule has 0 amide bonds. The molecule has 0 radical (unpaired) electrons. The number of ether oxygens (including phenoxy) is 1. The Morgan fingerprint density at radius 1 is 1.24 bits per heavy atom. The van der Waals surface area contributed by atoms with Crippen LogP contribution in [0.1, 0.15) is 79.1 Å². The summed E-state index contributed by atoms with van der Waals surface area (Å²) in [7, 11) is 0. The van der Waals surface area contributed by atoms with E-state index in [0.29, 0.717) is 23.3 Å². The minimum absolute atomic E-state index is 0.0339. The van der Waals surface area contributed by atoms with Gasteiger partial charge in [-0.15, -0.1) is 0 Å². The molecule has 1 saturated carbocycles. The molecule has 0 aromatic rings. The van der Waals surface area contributed by atoms with Crippen LogP contribution in [-0.4, -0.2) is 39.3 Å². The zero-order valence-electron chi connectivity index (χ0n) is 20.3. The number of ketones is 3. The molecule has 3 rings (SSSR count). The lowest BCUT2D eigenvalue weighted by molar-refractivity contribution is -0.137. The summed E-state index contributed by atoms with van der Waals surface area (Å²) in [6, 6.07) is 0. The Balaban J connectivity index is 1.78. The average molecular weight is 459 g/mol. The molecule has 0 aromatic carbocycles. The fourth-order valence-electron chi connectivity index (χ4n) is 5.32. The van der Waals surface area contributed by atoms with Crippen molar-refractivity contribution >= 4 is 17.3 Å². The summed E-state index contributed by atoms with van der Waals surface area (Å²) in [6.45, 7) is 7.43. The predicted octanol–water partition coefficient (Wildman–Crippen LogP) is 4.20. The molecule has 33 heavy (non-hydrogen) atoms. The van der Waals surface area contributed by atoms with Gasteiger partial charge in [-0.2, -0.15) is 0 Å². The Morgan fingerprint density at radius 2 is 1.97 bits per heavy atom. The van der Waals surface area contributed by atoms with Crippen LogP contribution >= 0.6 is 0 Å². The third-order valence-corrected chi connectivity index (χ3v) is 7.54. The van der Waals surface area contributed by atoms with E-state index in [1.807, 2.05) is 13.8 Å². The summed E-state index contributed by atoms with van der Waals surface area (Å²) in [5.74, 6) is -1.43. The number of unbranched alkanes of at least 4 members (excludes halogenated alkanes) is 3. The van der Waals surface area contributed by atoms with E-state index >= 15 is 0 Å². The number of Topliss-reactive ketones (excluding diaryl/α,β-unsaturated/α-hetero) is 2. The SMILES string of the molecule is CCCCCC[C@H](C)C(=O)C[C@H]1C2=COC([C@@H]3C(=O)C[C@@H](O)C[C@H]3C)=CC2=CC(=O)[C@]1(C)O. The molecule has 0 bridgehead atoms. The van der Waals surface area contributed by atoms with Gasteiger partial charge < -0.3 is 14.9 Å². The summed E-state index contributed by atoms with van der Waals surface area (Å²) in [6.07, 6.45) is 9.79. The third-order valence-electron chi connectivity index (χ3n) is 7.54. The van der Waals surface area contributed by atoms with Crippen LogP contribution in [0.5, 0.6) is 0 Å². The molecule has 2 N–H and O–H groups in total. The normalized spacial score (nSPS) is 32.8. The van der Waals surface area contributed by atoms with Gasteiger partial charge in [-0.1, -0.05) is 46.5 Å². The van der Waals surface area contributed by atoms with Crippen LogP contribution in [0.2, 0.25) is 0 Å². The van der Waals surface area contributed by atoms with Crippen LogP contribution in [0, 0.1) is 23.7 Å². The van der Waals surface area contributed by atoms with Crippen LogP contribution < -0.4 is 0 Å². The molecule has 2 aliphatic carbocycles. The summed E-state index contributed by atoms with van der Waals surface area (Å²) in [5.41, 5.74) is -0.488. The monoisotopic (exact) mass is 458 g/mol. The van der Waals surface area contributed by atoms with Gasteiger partial charge in [-0.25, -0.2) is 0 Å². The fourth-order valence-corrected chi connectivity index (χ4v) is 5.32. The van der Waals surface area contributed by atoms with Crippen molar-refractivity contribution in [2.24, 2.45) is 23.7 Å². The highest BCUT2D eigenvalue weighted by Crippen LogP contribution is 2.44. The van der Waals surface area contributed by atoms with Crippen molar-refractivity contribution in [3.63, 3.8) is 0 Å². The van der Waals surface area contributed by atoms with Gasteiger partial charge in [0.25, 0.3) is 0 Å². The predicted molar refractivity (Wildman–Crippen MR) is 125 cm³/mol. The second kappa shape index (κ2) is 10.5. The van der Waals surface area contributed by atoms with E-state index in [0.717, 1.165) is 32.1 Å². The number of aliphatic hydroxyl groups excluding tert-OH is 1. The number of aliphatic hydroxyl groups is 2. The molecule has 182 valence electrons. The Bertz CT molecular complexity index is 877. The topological polar surface area (TPSA) is 101 Å². The zero-order chi connectivity index (χ0) is 24.3. The Kier molecular flexibility index (Phi) is 8.12. The van der Waals surface area contributed by atoms with Crippen LogP contribution in [0.4, 0.5) is 0 Å². The zero-order valence-corrected chi connectivity index (χ0v) is 20.3. The van der Waals surface area contributed by atoms with E-state index in [9.17, 15) is 24.6 Å². The van der Waals surface area contributed by atoms with Gasteiger partial charge in [-0.3, -0.25) is 14.4 Å². The lowest BCUT2D eigenvalue weighted by Gasteiger charge is -2.39. The summed E-state index contributed by atoms with van der Waals surface area (Å²) in [5, 5.41) is 20.9. The van der Waals surface area contributed by atoms with Gasteiger partial charge in [0, 0.05) is 30.3 Å². The third kappa shape index (κ3) is 5.55. The lowest BCUT2D eigenvalue weighted by Crippen LogP contribution is -2.47. The molecule has 1 heterocycles. The molecule has 1 aliphatic heterocycles. The van der Waals surface area contributed by atoms with Crippen molar-refractivity contribution in [2.75, 3.05) is 0 Å². The molecule has 0 saturated heterocycles. The molecule has 0 spiro atoms. The first-order chi connectivity index (χ1) is 15.6. The van der Waals surface area contributed by atoms with Crippen molar-refractivity contribution in [1.82, 2.24) is 0 Å². The first-order valence-corrected chi connectivity index (χ1v) is 12.4. The van der Waals surface area contributed by atoms with E-state index in [1.165, 1.54) is 19.3 Å². The smallest absolute Gasteiger partial charge is 0.188 e. The maximum Gasteiger partial charge on any atom is 0.188 e. The van der Waals surface area contributed by atoms with Gasteiger partial charge in [0.05, 0.1) is 18.3 Å². The van der Waals surface area contributed by atoms with Crippen molar-refractivity contribution in [3.8, 4) is 0 Å². The molecule has 0 unspecified atom stereocenters. The lowest BCUT2D eigenvalue weighted by atomic mass is 9.69. The number of carbonyl (C=O) groups excluding carboxylic acids is 3. The molecule has 6 heteroatoms. The van der Waals surface area contributed by atoms with E-state index in [4.69, 9.17) is 4.74 Å². The molecular weight excluding hydrogens is 420 g/mol. The standard InChI is InChI=1S/C27H38O6/c1-5-6-7-8-9-16(2)22(29)14-21-20-15-33-24(11-18(20)12-25(31)27(21,4)32)26-17(3)10-19(28)13-23(26)30/h11-12,15-17,19,21,26,28,32H,5-10,13-14H2,1-4H3/t16-,17+,19-,21-,26-,27+/m0/s1. The number of hydrogen-bond acceptors (Lipinski definition) is 6. The molecule has 6 atom stereocenters. The second-order valence-electron chi connectivity index (χ2n) is 10.3. The Labute approximate surface area is 196 Å². The van der Waals surface area contributed by atoms with Crippen LogP contribution in [0.15, 0.2) is 35.3 Å². The van der Waals surface area contributed by atoms with Crippen molar-refractivity contribution in [1.29, 1.82) is 0 Å². The van der Waals surface area contributed by atoms with Gasteiger partial charge in [0.15, 0.2) is 5.78 Å². The van der Waals surface area contributed by atoms with Crippen LogP contribution in [0.3, 0.4) is 0 Å². The van der Waals surface area contributed by atoms with Gasteiger partial charge >= 0.3 is 0 Å². The highest BCUT2D eigenvalue weighted by Gasteiger charge is 2.47. The molecule has 3 aliphatic rings. The maximum absolute atomic E-state index is 13.0. The van der Waals surface area contributed by atoms with Gasteiger partial charge in [-0.05, 0) is 43.4 Å². The van der Waals surface area contributed by atoms with Crippen molar-refractivity contribution < 1.29 is 29.3 Å². The summed E-state index contributed by atoms with van der Waals surface area (Å²) >= 11 is 0. The average Bonchev–Trinajstić information content (AvgIpc) is 2.73. The summed E-state index contributed by atoms with van der Waals surface area (Å²) in [4.78, 5) is 38.4. The Hall–Kier alpha value is -2.05. The molecular formula is C27H38O6. The summed E-state index contributed by atoms with van der Waals surface area (Å²) < 4.78 is 5.88. The second-order valence-corrected chi connectivity index (χ2v) is 10.3. The maximum atomic E-state index is 13.0. The van der Waals surface area contributed by atoms with E-state index < -0.39 is 29.3 Å². The Morgan fingerprint density at radius 3 is 2.64 bits per heavy atom. The minimum atomic E-state index is -1.69. The first kappa shape index (κ1) is 25.6. The minimum Gasteiger partial charge on any atom is -0.468 e. The number of allylic oxidation sites excluding steroid dienone is 3. The van der Waals surface area contributed by atoms with Crippen molar-refractivity contribution in [3.05, 3.63) is 35.3 Å². The largest absolute Gasteiger partial charge is 0.468 e. The number of rotatable bonds is 9. The van der Waals surface area contributed by atoms with Crippen molar-refractivity contribution in [2.45, 2.75) is 90.8 Å². The fraction of sp³-hybridized carbons (Fsp3) is 0.667. The number of hydrogen-bond donors (Lipinski definition) is 2. The molecule has 1 fully saturated rings. The number of fused-ring (bicyclic) bond motifs is 1. The highest BCUT2D eigenvalue weighted by molar-refractivity contribution is 6.01. The van der Waals surface area contributed by atoms with E-state index in [1.54, 1.807) is 6.08 Å². The highest BCUT2D eigenvalue weighted by atomic mass is 16.5. The number of carbonyl (C=O) groups is 3. The van der Waals surface area contributed by atoms with E-state index in [2.05, 4.69) is 6.92 Å². The first-order valence-electron chi connectivity index (χ1n) is 12.4. The van der Waals surface area contributed by atoms with Gasteiger partial charge in [0.2, 0.25) is 0 Å². The van der Waals surface area contributed by atoms with Crippen LogP contribution in [-0.2, 0) is 19.1 Å². The van der Waals surface area contributed by atoms with Crippen LogP contribution in [0.25, 0.3) is 0 Å². The van der Waals surface area contributed by atoms with Gasteiger partial charge in [0.1, 0.15) is 22.9 Å². The van der Waals surface area contributed by atoms with E-state index in [-0.39, 0.29) is 36.2 Å². The quantitative estimate of drug-likeness (QED) is 0.502. The molecule has 0 aromatic heterocycles.